The molecule has 0 atom stereocenters. The van der Waals surface area contributed by atoms with Gasteiger partial charge < -0.3 is 101 Å². The van der Waals surface area contributed by atoms with Gasteiger partial charge in [-0.05, 0) is 267 Å². The molecule has 21 N–H and O–H groups in total. The lowest BCUT2D eigenvalue weighted by atomic mass is 10.1. The van der Waals surface area contributed by atoms with Crippen LogP contribution in [0, 0.1) is 0 Å². The fraction of sp³-hybridized carbons (Fsp3) is 0.333. The third-order valence-corrected chi connectivity index (χ3v) is 20.2. The normalized spacial score (nSPS) is 17.1. The largest absolute Gasteiger partial charge is 0.524 e. The number of nitrogens with one attached hydrogen (secondary N) is 7. The molecule has 7 aromatic heterocycles. The first-order chi connectivity index (χ1) is 74.1. The molecular weight excluding hydrogens is 1870 g/mol. The Kier molecular flexibility index (Phi) is 25.9. The number of hydrogen-bond donors (Lipinski definition) is 21. The minimum atomic E-state index is -4.96. The van der Waals surface area contributed by atoms with E-state index in [4.69, 9.17) is 125 Å². The highest BCUT2D eigenvalue weighted by molar-refractivity contribution is 7.48. The van der Waals surface area contributed by atoms with E-state index >= 15 is 0 Å². The summed E-state index contributed by atoms with van der Waals surface area (Å²) in [5.41, 5.74) is 4.94. The van der Waals surface area contributed by atoms with Gasteiger partial charge in [0.05, 0.1) is 0 Å². The molecule has 14 aromatic rings. The lowest BCUT2D eigenvalue weighted by Crippen LogP contribution is -2.14. The summed E-state index contributed by atoms with van der Waals surface area (Å²) in [6.07, 6.45) is 2.28. The molecule has 0 unspecified atom stereocenters. The van der Waals surface area contributed by atoms with Gasteiger partial charge >= 0.3 is 54.8 Å². The van der Waals surface area contributed by atoms with E-state index in [2.05, 4.69) is 53.0 Å². The van der Waals surface area contributed by atoms with Crippen LogP contribution < -0.4 is 31.7 Å². The average Bonchev–Trinajstić information content (AvgIpc) is 1.57. The van der Waals surface area contributed by atoms with E-state index in [0.29, 0.717) is 78.0 Å². The Balaban J connectivity index is 0.000000231. The summed E-state index contributed by atoms with van der Waals surface area (Å²) in [6.45, 7) is -24.4. The van der Waals surface area contributed by atoms with Gasteiger partial charge in [0.15, 0.2) is 0 Å². The molecule has 0 radical (unpaired) electrons. The molecule has 0 amide bonds. The lowest BCUT2D eigenvalue weighted by Gasteiger charge is -2.11. The van der Waals surface area contributed by atoms with Crippen LogP contribution in [-0.2, 0) is 76.8 Å². The molecule has 0 aliphatic heterocycles. The monoisotopic (exact) mass is 2020 g/mol. The summed E-state index contributed by atoms with van der Waals surface area (Å²) >= 11 is 0. The predicted octanol–water partition coefficient (Wildman–Crippen LogP) is 12.2. The van der Waals surface area contributed by atoms with Crippen LogP contribution in [0.2, 0.25) is 0 Å². The first-order valence-electron chi connectivity index (χ1n) is 53.5. The molecule has 7 heterocycles. The molecule has 0 aliphatic carbocycles. The highest BCUT2D eigenvalue weighted by atomic mass is 31.2. The molecule has 0 fully saturated rings. The Bertz CT molecular complexity index is 7690. The number of phosphoric ester groups is 7. The number of likely N-dealkylation sites (N-methyl/N-ethyl adjacent to an activating group) is 7. The molecule has 0 bridgehead atoms. The molecule has 0 aliphatic rings. The molecule has 14 rings (SSSR count). The minimum Gasteiger partial charge on any atom is -0.404 e. The van der Waals surface area contributed by atoms with E-state index in [1.807, 2.05) is 0 Å². The van der Waals surface area contributed by atoms with Crippen LogP contribution >= 0.6 is 54.8 Å². The zero-order chi connectivity index (χ0) is 125. The van der Waals surface area contributed by atoms with Crippen molar-refractivity contribution in [3.8, 4) is 40.2 Å². The first-order valence-corrected chi connectivity index (χ1v) is 48.8. The number of nitrogens with zero attached hydrogens (tertiary/aromatic N) is 7. The summed E-state index contributed by atoms with van der Waals surface area (Å²) in [5, 5.41) is 1.77. The standard InChI is InChI=1S/7C12H17N2O4P/c7*1-14(2)7-6-9-8-13-10-4-3-5-11(12(9)10)18-19(15,16)17/h7*3-5,8,13H,6-7H2,1-2H3,(H2,15,16,17)/i2*1D3,6D2,7D2;6D2,7D2;1D3,7D2;7D2;2*1D3. The Morgan fingerprint density at radius 1 is 0.241 bits per heavy atom. The van der Waals surface area contributed by atoms with Crippen molar-refractivity contribution in [1.29, 1.82) is 0 Å². The van der Waals surface area contributed by atoms with Gasteiger partial charge in [0.1, 0.15) is 40.2 Å². The molecule has 42 nitrogen and oxygen atoms in total. The van der Waals surface area contributed by atoms with E-state index in [1.54, 1.807) is 81.2 Å². The zero-order valence-electron chi connectivity index (χ0n) is 103. The number of aromatic amines is 7. The molecule has 49 heteroatoms. The van der Waals surface area contributed by atoms with Gasteiger partial charge in [0.2, 0.25) is 0 Å². The second kappa shape index (κ2) is 48.4. The van der Waals surface area contributed by atoms with Crippen LogP contribution in [0.3, 0.4) is 0 Å². The number of rotatable bonds is 35. The van der Waals surface area contributed by atoms with Crippen molar-refractivity contribution in [2.75, 3.05) is 144 Å². The van der Waals surface area contributed by atoms with Crippen molar-refractivity contribution < 1.29 is 175 Å². The molecule has 0 saturated carbocycles. The van der Waals surface area contributed by atoms with E-state index < -0.39 is 141 Å². The van der Waals surface area contributed by atoms with Gasteiger partial charge in [-0.2, -0.15) is 0 Å². The number of H-pyrrole nitrogens is 7. The number of phosphoric acid groups is 7. The molecule has 0 saturated heterocycles. The van der Waals surface area contributed by atoms with Crippen molar-refractivity contribution in [3.05, 3.63) is 210 Å². The minimum absolute atomic E-state index is 0.0339. The van der Waals surface area contributed by atoms with Crippen LogP contribution in [0.1, 0.15) is 81.4 Å². The van der Waals surface area contributed by atoms with Crippen molar-refractivity contribution in [2.45, 2.75) is 44.8 Å². The summed E-state index contributed by atoms with van der Waals surface area (Å²) in [5.74, 6) is -0.870. The number of hydrogen-bond acceptors (Lipinski definition) is 21. The average molecular weight is 2020 g/mol. The SMILES string of the molecule is [2H]C([2H])(Cc1c[nH]c2cccc(OP(=O)(O)O)c12)N(C)C.[2H]C([2H])([2H])N(C)C([2H])([2H])C([2H])([2H])c1c[nH]c2cccc(OP(=O)(O)O)c12.[2H]C([2H])([2H])N(C)C([2H])([2H])C([2H])([2H])c1c[nH]c2cccc(OP(=O)(O)O)c12.[2H]C([2H])([2H])N(C)C([2H])([2H])Cc1c[nH]c2cccc(OP(=O)(O)O)c12.[2H]C([2H])([2H])N(C)CCc1c[nH]c2cccc(OP(=O)(O)O)c12.[2H]C([2H])([2H])N(C)CCc1c[nH]c2cccc(OP(=O)(O)O)c12.[2H]C([2H])(c1c[nH]c2cccc(OP(=O)(O)O)c12)C([2H])([2H])N(C)C. The zero-order valence-corrected chi connectivity index (χ0v) is 77.9. The van der Waals surface area contributed by atoms with Gasteiger partial charge in [-0.15, -0.1) is 0 Å². The summed E-state index contributed by atoms with van der Waals surface area (Å²) < 4.78 is 350. The Labute approximate surface area is 811 Å². The summed E-state index contributed by atoms with van der Waals surface area (Å²) in [4.78, 5) is 152. The predicted molar refractivity (Wildman–Crippen MR) is 513 cm³/mol. The maximum absolute atomic E-state index is 11.2. The van der Waals surface area contributed by atoms with Gasteiger partial charge in [-0.25, -0.2) is 32.0 Å². The van der Waals surface area contributed by atoms with Crippen LogP contribution in [0.25, 0.3) is 76.3 Å². The van der Waals surface area contributed by atoms with E-state index in [9.17, 15) is 32.0 Å². The number of fused-ring (bicyclic) bond motifs is 7. The fourth-order valence-electron chi connectivity index (χ4n) is 12.2. The fourth-order valence-corrected chi connectivity index (χ4v) is 15.1. The highest BCUT2D eigenvalue weighted by Gasteiger charge is 2.28. The van der Waals surface area contributed by atoms with Gasteiger partial charge in [-0.3, -0.25) is 68.5 Å². The second-order valence-corrected chi connectivity index (χ2v) is 36.5. The molecule has 7 aromatic carbocycles. The lowest BCUT2D eigenvalue weighted by molar-refractivity contribution is 0.282. The highest BCUT2D eigenvalue weighted by Crippen LogP contribution is 2.49. The van der Waals surface area contributed by atoms with Crippen LogP contribution in [-0.4, -0.2) is 282 Å². The number of benzene rings is 7. The van der Waals surface area contributed by atoms with Crippen molar-refractivity contribution >= 4 is 131 Å². The molecule has 133 heavy (non-hydrogen) atoms. The van der Waals surface area contributed by atoms with Crippen LogP contribution in [0.4, 0.5) is 0 Å². The van der Waals surface area contributed by atoms with Crippen LogP contribution in [0.5, 0.6) is 40.2 Å². The van der Waals surface area contributed by atoms with Gasteiger partial charge in [0.25, 0.3) is 0 Å². The number of aryl methyl sites for hydroxylation is 5. The van der Waals surface area contributed by atoms with Crippen molar-refractivity contribution in [2.24, 2.45) is 0 Å². The Hall–Kier alpha value is -9.31. The quantitative estimate of drug-likeness (QED) is 0.0164. The van der Waals surface area contributed by atoms with Crippen molar-refractivity contribution in [3.63, 3.8) is 0 Å². The third-order valence-electron chi connectivity index (χ3n) is 17.2. The first kappa shape index (κ1) is 71.2. The maximum atomic E-state index is 11.2. The van der Waals surface area contributed by atoms with Crippen molar-refractivity contribution in [1.82, 2.24) is 69.2 Å². The van der Waals surface area contributed by atoms with E-state index in [-0.39, 0.29) is 120 Å². The molecular formula is C84H119N14O28P7. The van der Waals surface area contributed by atoms with Crippen LogP contribution in [0.15, 0.2) is 171 Å². The summed E-state index contributed by atoms with van der Waals surface area (Å²) in [7, 11) is -21.5. The summed E-state index contributed by atoms with van der Waals surface area (Å²) in [6, 6.07) is 31.5. The van der Waals surface area contributed by atoms with E-state index in [1.165, 1.54) is 134 Å². The molecule has 0 spiro atoms. The topological polar surface area (TPSA) is 601 Å². The Morgan fingerprint density at radius 2 is 0.406 bits per heavy atom. The molecule has 728 valence electrons. The maximum Gasteiger partial charge on any atom is 0.524 e. The van der Waals surface area contributed by atoms with E-state index in [0.717, 1.165) is 49.6 Å². The van der Waals surface area contributed by atoms with Gasteiger partial charge in [0, 0.05) is 208 Å². The number of aromatic nitrogens is 7. The Morgan fingerprint density at radius 3 is 0.594 bits per heavy atom. The van der Waals surface area contributed by atoms with Gasteiger partial charge in [-0.1, -0.05) is 42.5 Å². The smallest absolute Gasteiger partial charge is 0.404 e. The third kappa shape index (κ3) is 36.4. The second-order valence-electron chi connectivity index (χ2n) is 28.4.